The third-order valence-electron chi connectivity index (χ3n) is 6.87. The highest BCUT2D eigenvalue weighted by atomic mass is 16.6. The standard InChI is InChI=1S/C33H20N4O8/c38-32-26-18-22(5-13-28(26)34-30(44-32)15-7-20-1-9-24(10-2-20)36(40)41)17-23-6-14-29-27(19-23)33(39)45-31(35-29)16-8-21-3-11-25(12-4-21)37(42)43/h1-16,18-19H,17H2. The van der Waals surface area contributed by atoms with Gasteiger partial charge in [-0.2, -0.15) is 0 Å². The van der Waals surface area contributed by atoms with Crippen molar-refractivity contribution in [3.8, 4) is 0 Å². The summed E-state index contributed by atoms with van der Waals surface area (Å²) in [6, 6.07) is 22.3. The van der Waals surface area contributed by atoms with Gasteiger partial charge in [-0.05, 0) is 89.4 Å². The number of benzene rings is 4. The second kappa shape index (κ2) is 12.0. The summed E-state index contributed by atoms with van der Waals surface area (Å²) >= 11 is 0. The number of hydrogen-bond donors (Lipinski definition) is 0. The number of nitro groups is 2. The first kappa shape index (κ1) is 28.6. The summed E-state index contributed by atoms with van der Waals surface area (Å²) in [5.41, 5.74) is 2.64. The fraction of sp³-hybridized carbons (Fsp3) is 0.0303. The van der Waals surface area contributed by atoms with Gasteiger partial charge in [-0.3, -0.25) is 20.2 Å². The van der Waals surface area contributed by atoms with Gasteiger partial charge in [0.05, 0.1) is 31.7 Å². The van der Waals surface area contributed by atoms with Crippen molar-refractivity contribution in [2.24, 2.45) is 0 Å². The van der Waals surface area contributed by atoms with Crippen LogP contribution in [0.4, 0.5) is 11.4 Å². The number of non-ortho nitro benzene ring substituents is 2. The average molecular weight is 601 g/mol. The molecule has 6 aromatic rings. The molecule has 0 amide bonds. The number of rotatable bonds is 8. The van der Waals surface area contributed by atoms with E-state index in [1.165, 1.54) is 36.4 Å². The number of nitrogens with zero attached hydrogens (tertiary/aromatic N) is 4. The van der Waals surface area contributed by atoms with Gasteiger partial charge < -0.3 is 8.83 Å². The molecule has 0 bridgehead atoms. The van der Waals surface area contributed by atoms with Gasteiger partial charge in [-0.25, -0.2) is 19.6 Å². The normalized spacial score (nSPS) is 11.6. The lowest BCUT2D eigenvalue weighted by molar-refractivity contribution is -0.385. The van der Waals surface area contributed by atoms with E-state index in [9.17, 15) is 29.8 Å². The zero-order valence-corrected chi connectivity index (χ0v) is 23.2. The van der Waals surface area contributed by atoms with Crippen LogP contribution in [0.3, 0.4) is 0 Å². The topological polar surface area (TPSA) is 172 Å². The molecule has 0 aliphatic heterocycles. The third-order valence-corrected chi connectivity index (χ3v) is 6.87. The Morgan fingerprint density at radius 2 is 0.978 bits per heavy atom. The van der Waals surface area contributed by atoms with Crippen LogP contribution in [0.25, 0.3) is 46.1 Å². The SMILES string of the molecule is O=c1oc(C=Cc2ccc([N+](=O)[O-])cc2)nc2ccc(Cc3ccc4nc(C=Cc5ccc([N+](=O)[O-])cc5)oc(=O)c4c3)cc12. The van der Waals surface area contributed by atoms with Crippen LogP contribution in [0.1, 0.15) is 34.0 Å². The second-order valence-corrected chi connectivity index (χ2v) is 9.92. The van der Waals surface area contributed by atoms with E-state index in [-0.39, 0.29) is 23.2 Å². The van der Waals surface area contributed by atoms with Crippen molar-refractivity contribution in [3.63, 3.8) is 0 Å². The van der Waals surface area contributed by atoms with Gasteiger partial charge in [0, 0.05) is 36.4 Å². The Kier molecular flexibility index (Phi) is 7.60. The van der Waals surface area contributed by atoms with Crippen LogP contribution in [0, 0.1) is 20.2 Å². The van der Waals surface area contributed by atoms with Crippen molar-refractivity contribution in [2.45, 2.75) is 6.42 Å². The van der Waals surface area contributed by atoms with Crippen molar-refractivity contribution >= 4 is 57.5 Å². The molecule has 2 heterocycles. The van der Waals surface area contributed by atoms with E-state index in [0.717, 1.165) is 11.1 Å². The maximum Gasteiger partial charge on any atom is 0.347 e. The Morgan fingerprint density at radius 3 is 1.36 bits per heavy atom. The van der Waals surface area contributed by atoms with Crippen LogP contribution in [0.5, 0.6) is 0 Å². The van der Waals surface area contributed by atoms with Gasteiger partial charge in [-0.1, -0.05) is 12.1 Å². The molecule has 0 N–H and O–H groups in total. The van der Waals surface area contributed by atoms with E-state index in [1.54, 1.807) is 60.7 Å². The molecule has 12 heteroatoms. The highest BCUT2D eigenvalue weighted by Gasteiger charge is 2.10. The van der Waals surface area contributed by atoms with Gasteiger partial charge in [-0.15, -0.1) is 0 Å². The lowest BCUT2D eigenvalue weighted by Gasteiger charge is -2.05. The summed E-state index contributed by atoms with van der Waals surface area (Å²) in [4.78, 5) is 55.0. The molecular formula is C33H20N4O8. The average Bonchev–Trinajstić information content (AvgIpc) is 3.04. The fourth-order valence-electron chi connectivity index (χ4n) is 4.62. The van der Waals surface area contributed by atoms with E-state index < -0.39 is 21.1 Å². The van der Waals surface area contributed by atoms with E-state index >= 15 is 0 Å². The molecule has 6 rings (SSSR count). The Morgan fingerprint density at radius 1 is 0.578 bits per heavy atom. The van der Waals surface area contributed by atoms with Crippen LogP contribution in [0.15, 0.2) is 103 Å². The Bertz CT molecular complexity index is 2120. The van der Waals surface area contributed by atoms with Gasteiger partial charge in [0.15, 0.2) is 0 Å². The van der Waals surface area contributed by atoms with Crippen LogP contribution in [-0.4, -0.2) is 19.8 Å². The first-order valence-electron chi connectivity index (χ1n) is 13.4. The van der Waals surface area contributed by atoms with Crippen LogP contribution in [-0.2, 0) is 6.42 Å². The molecule has 4 aromatic carbocycles. The summed E-state index contributed by atoms with van der Waals surface area (Å²) in [5, 5.41) is 22.3. The van der Waals surface area contributed by atoms with Gasteiger partial charge >= 0.3 is 11.3 Å². The number of hydrogen-bond acceptors (Lipinski definition) is 10. The molecule has 0 radical (unpaired) electrons. The molecule has 12 nitrogen and oxygen atoms in total. The van der Waals surface area contributed by atoms with E-state index in [2.05, 4.69) is 9.97 Å². The summed E-state index contributed by atoms with van der Waals surface area (Å²) in [5.74, 6) is 0.184. The first-order chi connectivity index (χ1) is 21.7. The van der Waals surface area contributed by atoms with Gasteiger partial charge in [0.25, 0.3) is 11.4 Å². The maximum atomic E-state index is 12.8. The molecular weight excluding hydrogens is 580 g/mol. The Labute approximate surface area is 252 Å². The second-order valence-electron chi connectivity index (χ2n) is 9.92. The quantitative estimate of drug-likeness (QED) is 0.140. The third kappa shape index (κ3) is 6.44. The number of aromatic nitrogens is 2. The van der Waals surface area contributed by atoms with Crippen LogP contribution in [0.2, 0.25) is 0 Å². The van der Waals surface area contributed by atoms with Gasteiger partial charge in [0.2, 0.25) is 11.8 Å². The highest BCUT2D eigenvalue weighted by molar-refractivity contribution is 5.81. The highest BCUT2D eigenvalue weighted by Crippen LogP contribution is 2.20. The largest absolute Gasteiger partial charge is 0.404 e. The van der Waals surface area contributed by atoms with E-state index in [1.807, 2.05) is 12.1 Å². The minimum atomic E-state index is -0.567. The van der Waals surface area contributed by atoms with Crippen LogP contribution < -0.4 is 11.3 Å². The lowest BCUT2D eigenvalue weighted by atomic mass is 10.0. The van der Waals surface area contributed by atoms with Crippen molar-refractivity contribution in [3.05, 3.63) is 160 Å². The molecule has 0 atom stereocenters. The Hall–Kier alpha value is -6.56. The smallest absolute Gasteiger partial charge is 0.347 e. The van der Waals surface area contributed by atoms with Crippen LogP contribution >= 0.6 is 0 Å². The predicted octanol–water partition coefficient (Wildman–Crippen LogP) is 6.44. The molecule has 0 fully saturated rings. The summed E-state index contributed by atoms with van der Waals surface area (Å²) < 4.78 is 10.7. The molecule has 0 spiro atoms. The van der Waals surface area contributed by atoms with Crippen molar-refractivity contribution in [1.29, 1.82) is 0 Å². The van der Waals surface area contributed by atoms with Crippen molar-refractivity contribution < 1.29 is 18.7 Å². The summed E-state index contributed by atoms with van der Waals surface area (Å²) in [6.07, 6.45) is 6.72. The molecule has 0 aliphatic rings. The monoisotopic (exact) mass is 600 g/mol. The minimum absolute atomic E-state index is 0.0255. The number of nitro benzene ring substituents is 2. The minimum Gasteiger partial charge on any atom is -0.404 e. The fourth-order valence-corrected chi connectivity index (χ4v) is 4.62. The lowest BCUT2D eigenvalue weighted by Crippen LogP contribution is -2.05. The summed E-state index contributed by atoms with van der Waals surface area (Å²) in [6.45, 7) is 0. The van der Waals surface area contributed by atoms with E-state index in [0.29, 0.717) is 39.4 Å². The number of fused-ring (bicyclic) bond motifs is 2. The Balaban J connectivity index is 1.19. The maximum absolute atomic E-state index is 12.8. The molecule has 45 heavy (non-hydrogen) atoms. The van der Waals surface area contributed by atoms with Crippen molar-refractivity contribution in [1.82, 2.24) is 9.97 Å². The molecule has 2 aromatic heterocycles. The predicted molar refractivity (Wildman–Crippen MR) is 167 cm³/mol. The zero-order chi connectivity index (χ0) is 31.5. The molecule has 0 saturated heterocycles. The summed E-state index contributed by atoms with van der Waals surface area (Å²) in [7, 11) is 0. The van der Waals surface area contributed by atoms with E-state index in [4.69, 9.17) is 8.83 Å². The van der Waals surface area contributed by atoms with Crippen molar-refractivity contribution in [2.75, 3.05) is 0 Å². The zero-order valence-electron chi connectivity index (χ0n) is 23.2. The molecule has 0 aliphatic carbocycles. The molecule has 220 valence electrons. The van der Waals surface area contributed by atoms with Gasteiger partial charge in [0.1, 0.15) is 0 Å². The first-order valence-corrected chi connectivity index (χ1v) is 13.4. The molecule has 0 saturated carbocycles. The molecule has 0 unspecified atom stereocenters.